The number of amides is 2. The molecule has 0 spiro atoms. The van der Waals surface area contributed by atoms with Crippen molar-refractivity contribution in [3.8, 4) is 0 Å². The number of benzene rings is 1. The predicted octanol–water partition coefficient (Wildman–Crippen LogP) is 1.55. The van der Waals surface area contributed by atoms with Gasteiger partial charge in [-0.3, -0.25) is 14.7 Å². The number of rotatable bonds is 5. The Morgan fingerprint density at radius 1 is 1.38 bits per heavy atom. The number of aromatic nitrogens is 2. The van der Waals surface area contributed by atoms with E-state index in [1.54, 1.807) is 12.3 Å². The van der Waals surface area contributed by atoms with Gasteiger partial charge in [0.1, 0.15) is 0 Å². The number of likely N-dealkylation sites (N-methyl/N-ethyl adjacent to an activating group) is 1. The van der Waals surface area contributed by atoms with E-state index in [0.717, 1.165) is 5.39 Å². The number of H-pyrrole nitrogens is 1. The van der Waals surface area contributed by atoms with E-state index in [1.165, 1.54) is 4.90 Å². The first-order valence-electron chi connectivity index (χ1n) is 7.03. The highest BCUT2D eigenvalue weighted by Crippen LogP contribution is 2.17. The van der Waals surface area contributed by atoms with Crippen LogP contribution in [0.5, 0.6) is 0 Å². The van der Waals surface area contributed by atoms with Crippen LogP contribution in [0.4, 0.5) is 0 Å². The average molecular weight is 288 g/mol. The number of carbonyl (C=O) groups is 2. The van der Waals surface area contributed by atoms with Crippen LogP contribution >= 0.6 is 0 Å². The first-order valence-corrected chi connectivity index (χ1v) is 7.03. The normalized spacial score (nSPS) is 10.9. The van der Waals surface area contributed by atoms with E-state index in [1.807, 2.05) is 32.9 Å². The summed E-state index contributed by atoms with van der Waals surface area (Å²) in [6.07, 6.45) is 1.67. The summed E-state index contributed by atoms with van der Waals surface area (Å²) in [7, 11) is 0. The number of para-hydroxylation sites is 1. The molecule has 0 atom stereocenters. The third kappa shape index (κ3) is 3.39. The molecule has 112 valence electrons. The highest BCUT2D eigenvalue weighted by atomic mass is 16.2. The molecule has 0 fully saturated rings. The summed E-state index contributed by atoms with van der Waals surface area (Å²) < 4.78 is 0. The van der Waals surface area contributed by atoms with Crippen LogP contribution in [0.1, 0.15) is 31.1 Å². The summed E-state index contributed by atoms with van der Waals surface area (Å²) in [4.78, 5) is 26.0. The molecule has 0 unspecified atom stereocenters. The first-order chi connectivity index (χ1) is 10.0. The van der Waals surface area contributed by atoms with Crippen molar-refractivity contribution in [2.75, 3.05) is 13.1 Å². The van der Waals surface area contributed by atoms with Crippen molar-refractivity contribution in [3.05, 3.63) is 30.0 Å². The van der Waals surface area contributed by atoms with Gasteiger partial charge in [0.15, 0.2) is 0 Å². The Labute approximate surface area is 123 Å². The van der Waals surface area contributed by atoms with Crippen LogP contribution in [0.3, 0.4) is 0 Å². The second kappa shape index (κ2) is 6.39. The fourth-order valence-corrected chi connectivity index (χ4v) is 2.19. The first kappa shape index (κ1) is 15.0. The Morgan fingerprint density at radius 2 is 2.14 bits per heavy atom. The molecule has 6 heteroatoms. The number of aromatic amines is 1. The van der Waals surface area contributed by atoms with Crippen LogP contribution < -0.4 is 5.32 Å². The summed E-state index contributed by atoms with van der Waals surface area (Å²) in [5.41, 5.74) is 1.23. The molecule has 0 bridgehead atoms. The second-order valence-electron chi connectivity index (χ2n) is 5.18. The minimum Gasteiger partial charge on any atom is -0.352 e. The average Bonchev–Trinajstić information content (AvgIpc) is 2.91. The van der Waals surface area contributed by atoms with Gasteiger partial charge in [-0.1, -0.05) is 12.1 Å². The lowest BCUT2D eigenvalue weighted by Crippen LogP contribution is -2.42. The highest BCUT2D eigenvalue weighted by Gasteiger charge is 2.20. The monoisotopic (exact) mass is 288 g/mol. The van der Waals surface area contributed by atoms with Crippen molar-refractivity contribution < 1.29 is 9.59 Å². The Hall–Kier alpha value is -2.37. The van der Waals surface area contributed by atoms with Crippen LogP contribution in [-0.2, 0) is 4.79 Å². The third-order valence-corrected chi connectivity index (χ3v) is 3.16. The minimum absolute atomic E-state index is 0.0536. The molecule has 0 saturated carbocycles. The lowest BCUT2D eigenvalue weighted by atomic mass is 10.1. The van der Waals surface area contributed by atoms with E-state index in [0.29, 0.717) is 17.6 Å². The summed E-state index contributed by atoms with van der Waals surface area (Å²) in [6, 6.07) is 5.50. The standard InChI is InChI=1S/C15H20N4O2/c1-4-19(9-13(20)17-10(2)3)15(21)12-7-5-6-11-8-16-18-14(11)12/h5-8,10H,4,9H2,1-3H3,(H,16,18)(H,17,20). The molecule has 0 aliphatic heterocycles. The van der Waals surface area contributed by atoms with E-state index >= 15 is 0 Å². The van der Waals surface area contributed by atoms with Gasteiger partial charge in [0, 0.05) is 18.0 Å². The zero-order valence-electron chi connectivity index (χ0n) is 12.5. The fourth-order valence-electron chi connectivity index (χ4n) is 2.19. The zero-order chi connectivity index (χ0) is 15.4. The van der Waals surface area contributed by atoms with E-state index in [9.17, 15) is 9.59 Å². The smallest absolute Gasteiger partial charge is 0.256 e. The topological polar surface area (TPSA) is 78.1 Å². The van der Waals surface area contributed by atoms with Gasteiger partial charge < -0.3 is 10.2 Å². The molecular weight excluding hydrogens is 268 g/mol. The van der Waals surface area contributed by atoms with Crippen molar-refractivity contribution in [2.45, 2.75) is 26.8 Å². The zero-order valence-corrected chi connectivity index (χ0v) is 12.5. The molecule has 2 rings (SSSR count). The molecule has 2 N–H and O–H groups in total. The van der Waals surface area contributed by atoms with Gasteiger partial charge in [-0.25, -0.2) is 0 Å². The molecule has 21 heavy (non-hydrogen) atoms. The summed E-state index contributed by atoms with van der Waals surface area (Å²) >= 11 is 0. The largest absolute Gasteiger partial charge is 0.352 e. The molecule has 0 radical (unpaired) electrons. The molecule has 1 heterocycles. The number of fused-ring (bicyclic) bond motifs is 1. The predicted molar refractivity (Wildman–Crippen MR) is 80.9 cm³/mol. The molecular formula is C15H20N4O2. The molecule has 0 aliphatic carbocycles. The van der Waals surface area contributed by atoms with Gasteiger partial charge in [0.05, 0.1) is 23.8 Å². The van der Waals surface area contributed by atoms with Crippen molar-refractivity contribution in [3.63, 3.8) is 0 Å². The van der Waals surface area contributed by atoms with Crippen molar-refractivity contribution >= 4 is 22.7 Å². The van der Waals surface area contributed by atoms with Gasteiger partial charge in [0.2, 0.25) is 5.91 Å². The Bertz CT molecular complexity index is 648. The van der Waals surface area contributed by atoms with E-state index in [-0.39, 0.29) is 24.4 Å². The van der Waals surface area contributed by atoms with Gasteiger partial charge in [-0.05, 0) is 26.8 Å². The second-order valence-corrected chi connectivity index (χ2v) is 5.18. The Balaban J connectivity index is 2.20. The SMILES string of the molecule is CCN(CC(=O)NC(C)C)C(=O)c1cccc2cn[nH]c12. The van der Waals surface area contributed by atoms with Crippen LogP contribution in [0.2, 0.25) is 0 Å². The van der Waals surface area contributed by atoms with Crippen LogP contribution in [0.15, 0.2) is 24.4 Å². The summed E-state index contributed by atoms with van der Waals surface area (Å²) in [6.45, 7) is 6.16. The van der Waals surface area contributed by atoms with Crippen LogP contribution in [0.25, 0.3) is 10.9 Å². The van der Waals surface area contributed by atoms with Gasteiger partial charge in [-0.15, -0.1) is 0 Å². The molecule has 0 aliphatic rings. The maximum absolute atomic E-state index is 12.6. The van der Waals surface area contributed by atoms with E-state index in [2.05, 4.69) is 15.5 Å². The highest BCUT2D eigenvalue weighted by molar-refractivity contribution is 6.06. The molecule has 2 amide bonds. The van der Waals surface area contributed by atoms with Crippen molar-refractivity contribution in [1.82, 2.24) is 20.4 Å². The van der Waals surface area contributed by atoms with Gasteiger partial charge >= 0.3 is 0 Å². The van der Waals surface area contributed by atoms with Crippen LogP contribution in [0, 0.1) is 0 Å². The number of nitrogens with one attached hydrogen (secondary N) is 2. The van der Waals surface area contributed by atoms with Gasteiger partial charge in [0.25, 0.3) is 5.91 Å². The molecule has 1 aromatic carbocycles. The lowest BCUT2D eigenvalue weighted by Gasteiger charge is -2.21. The summed E-state index contributed by atoms with van der Waals surface area (Å²) in [5, 5.41) is 10.5. The maximum atomic E-state index is 12.6. The van der Waals surface area contributed by atoms with E-state index < -0.39 is 0 Å². The van der Waals surface area contributed by atoms with Crippen molar-refractivity contribution in [1.29, 1.82) is 0 Å². The van der Waals surface area contributed by atoms with Crippen molar-refractivity contribution in [2.24, 2.45) is 0 Å². The Kier molecular flexibility index (Phi) is 4.57. The molecule has 1 aromatic heterocycles. The molecule has 6 nitrogen and oxygen atoms in total. The van der Waals surface area contributed by atoms with Crippen LogP contribution in [-0.4, -0.2) is 46.0 Å². The lowest BCUT2D eigenvalue weighted by molar-refractivity contribution is -0.122. The third-order valence-electron chi connectivity index (χ3n) is 3.16. The number of hydrogen-bond acceptors (Lipinski definition) is 3. The number of hydrogen-bond donors (Lipinski definition) is 2. The molecule has 0 saturated heterocycles. The Morgan fingerprint density at radius 3 is 2.81 bits per heavy atom. The number of nitrogens with zero attached hydrogens (tertiary/aromatic N) is 2. The summed E-state index contributed by atoms with van der Waals surface area (Å²) in [5.74, 6) is -0.330. The number of carbonyl (C=O) groups excluding carboxylic acids is 2. The quantitative estimate of drug-likeness (QED) is 0.876. The van der Waals surface area contributed by atoms with Gasteiger partial charge in [-0.2, -0.15) is 5.10 Å². The molecule has 2 aromatic rings. The minimum atomic E-state index is -0.175. The van der Waals surface area contributed by atoms with E-state index in [4.69, 9.17) is 0 Å². The fraction of sp³-hybridized carbons (Fsp3) is 0.400. The maximum Gasteiger partial charge on any atom is 0.256 e.